The van der Waals surface area contributed by atoms with Crippen molar-refractivity contribution in [2.24, 2.45) is 5.92 Å². The van der Waals surface area contributed by atoms with Crippen molar-refractivity contribution in [3.8, 4) is 0 Å². The van der Waals surface area contributed by atoms with E-state index in [-0.39, 0.29) is 11.9 Å². The van der Waals surface area contributed by atoms with Gasteiger partial charge in [0.1, 0.15) is 0 Å². The minimum Gasteiger partial charge on any atom is -0.425 e. The highest BCUT2D eigenvalue weighted by Gasteiger charge is 2.16. The largest absolute Gasteiger partial charge is 0.425 e. The van der Waals surface area contributed by atoms with Crippen LogP contribution in [0.1, 0.15) is 27.7 Å². The molecule has 4 nitrogen and oxygen atoms in total. The summed E-state index contributed by atoms with van der Waals surface area (Å²) in [6, 6.07) is 0. The van der Waals surface area contributed by atoms with Crippen LogP contribution < -0.4 is 0 Å². The first kappa shape index (κ1) is 13.3. The molecule has 82 valence electrons. The Bertz CT molecular complexity index is 203. The Morgan fingerprint density at radius 1 is 1.21 bits per heavy atom. The number of esters is 1. The van der Waals surface area contributed by atoms with Gasteiger partial charge in [-0.2, -0.15) is 0 Å². The molecule has 0 heterocycles. The monoisotopic (exact) mass is 220 g/mol. The summed E-state index contributed by atoms with van der Waals surface area (Å²) in [6.45, 7) is 6.81. The van der Waals surface area contributed by atoms with E-state index in [4.69, 9.17) is 9.47 Å². The van der Waals surface area contributed by atoms with E-state index >= 15 is 0 Å². The highest BCUT2D eigenvalue weighted by atomic mass is 32.2. The summed E-state index contributed by atoms with van der Waals surface area (Å²) in [5.41, 5.74) is 0. The predicted molar refractivity (Wildman–Crippen MR) is 55.0 cm³/mol. The molecule has 0 aliphatic carbocycles. The zero-order valence-electron chi connectivity index (χ0n) is 8.90. The molecule has 0 aliphatic heterocycles. The minimum atomic E-state index is -0.809. The molecule has 0 radical (unpaired) electrons. The first-order valence-electron chi connectivity index (χ1n) is 4.51. The Morgan fingerprint density at radius 3 is 2.21 bits per heavy atom. The molecular weight excluding hydrogens is 204 g/mol. The van der Waals surface area contributed by atoms with Crippen molar-refractivity contribution < 1.29 is 19.1 Å². The van der Waals surface area contributed by atoms with Crippen molar-refractivity contribution in [1.29, 1.82) is 0 Å². The molecule has 0 aromatic rings. The SMILES string of the molecule is CCSC(=O)OC(C)OC(=O)C(C)C. The fourth-order valence-electron chi connectivity index (χ4n) is 0.611. The zero-order valence-corrected chi connectivity index (χ0v) is 9.72. The fourth-order valence-corrected chi connectivity index (χ4v) is 1.05. The first-order valence-corrected chi connectivity index (χ1v) is 5.49. The fraction of sp³-hybridized carbons (Fsp3) is 0.778. The van der Waals surface area contributed by atoms with Gasteiger partial charge in [0, 0.05) is 12.7 Å². The van der Waals surface area contributed by atoms with Gasteiger partial charge in [0.15, 0.2) is 0 Å². The lowest BCUT2D eigenvalue weighted by molar-refractivity contribution is -0.167. The van der Waals surface area contributed by atoms with Crippen LogP contribution in [0.15, 0.2) is 0 Å². The average Bonchev–Trinajstić information content (AvgIpc) is 2.03. The van der Waals surface area contributed by atoms with Crippen molar-refractivity contribution in [2.75, 3.05) is 5.75 Å². The lowest BCUT2D eigenvalue weighted by Crippen LogP contribution is -2.22. The van der Waals surface area contributed by atoms with Crippen LogP contribution in [0.25, 0.3) is 0 Å². The summed E-state index contributed by atoms with van der Waals surface area (Å²) in [4.78, 5) is 22.0. The van der Waals surface area contributed by atoms with Crippen LogP contribution in [0.5, 0.6) is 0 Å². The maximum Gasteiger partial charge on any atom is 0.370 e. The number of carbonyl (C=O) groups is 2. The topological polar surface area (TPSA) is 52.6 Å². The van der Waals surface area contributed by atoms with E-state index in [2.05, 4.69) is 0 Å². The smallest absolute Gasteiger partial charge is 0.370 e. The molecule has 0 aromatic carbocycles. The molecule has 0 rings (SSSR count). The highest BCUT2D eigenvalue weighted by molar-refractivity contribution is 8.13. The summed E-state index contributed by atoms with van der Waals surface area (Å²) < 4.78 is 9.63. The Kier molecular flexibility index (Phi) is 6.36. The van der Waals surface area contributed by atoms with Gasteiger partial charge in [-0.05, 0) is 11.8 Å². The second-order valence-corrected chi connectivity index (χ2v) is 4.16. The predicted octanol–water partition coefficient (Wildman–Crippen LogP) is 2.42. The van der Waals surface area contributed by atoms with Crippen LogP contribution in [0.2, 0.25) is 0 Å². The van der Waals surface area contributed by atoms with E-state index in [1.165, 1.54) is 6.92 Å². The van der Waals surface area contributed by atoms with Gasteiger partial charge in [0.25, 0.3) is 0 Å². The number of carbonyl (C=O) groups excluding carboxylic acids is 2. The molecule has 0 saturated heterocycles. The molecule has 0 saturated carbocycles. The summed E-state index contributed by atoms with van der Waals surface area (Å²) in [6.07, 6.45) is -0.809. The number of ether oxygens (including phenoxy) is 2. The van der Waals surface area contributed by atoms with E-state index in [0.29, 0.717) is 5.75 Å². The van der Waals surface area contributed by atoms with Crippen molar-refractivity contribution >= 4 is 23.0 Å². The third-order valence-electron chi connectivity index (χ3n) is 1.28. The van der Waals surface area contributed by atoms with Gasteiger partial charge in [-0.1, -0.05) is 20.8 Å². The molecular formula is C9H16O4S. The summed E-state index contributed by atoms with van der Waals surface area (Å²) in [7, 11) is 0. The molecule has 0 N–H and O–H groups in total. The third kappa shape index (κ3) is 5.85. The number of thioether (sulfide) groups is 1. The Labute approximate surface area is 88.3 Å². The molecule has 0 bridgehead atoms. The van der Waals surface area contributed by atoms with Crippen LogP contribution in [0, 0.1) is 5.92 Å². The van der Waals surface area contributed by atoms with Crippen LogP contribution in [-0.2, 0) is 14.3 Å². The second kappa shape index (κ2) is 6.70. The summed E-state index contributed by atoms with van der Waals surface area (Å²) in [5, 5.41) is -0.420. The van der Waals surface area contributed by atoms with Gasteiger partial charge in [-0.15, -0.1) is 0 Å². The van der Waals surface area contributed by atoms with Gasteiger partial charge >= 0.3 is 11.3 Å². The lowest BCUT2D eigenvalue weighted by atomic mass is 10.2. The zero-order chi connectivity index (χ0) is 11.1. The normalized spacial score (nSPS) is 12.4. The lowest BCUT2D eigenvalue weighted by Gasteiger charge is -2.14. The molecule has 14 heavy (non-hydrogen) atoms. The number of hydrogen-bond donors (Lipinski definition) is 0. The van der Waals surface area contributed by atoms with Gasteiger partial charge < -0.3 is 9.47 Å². The molecule has 1 unspecified atom stereocenters. The quantitative estimate of drug-likeness (QED) is 0.538. The van der Waals surface area contributed by atoms with Crippen LogP contribution in [-0.4, -0.2) is 23.3 Å². The van der Waals surface area contributed by atoms with Crippen molar-refractivity contribution in [3.05, 3.63) is 0 Å². The summed E-state index contributed by atoms with van der Waals surface area (Å²) >= 11 is 1.04. The van der Waals surface area contributed by atoms with Gasteiger partial charge in [0.05, 0.1) is 5.92 Å². The minimum absolute atomic E-state index is 0.213. The maximum absolute atomic E-state index is 11.1. The van der Waals surface area contributed by atoms with E-state index in [0.717, 1.165) is 11.8 Å². The molecule has 5 heteroatoms. The number of rotatable bonds is 4. The highest BCUT2D eigenvalue weighted by Crippen LogP contribution is 2.09. The van der Waals surface area contributed by atoms with E-state index in [1.807, 2.05) is 6.92 Å². The molecule has 1 atom stereocenters. The van der Waals surface area contributed by atoms with Crippen molar-refractivity contribution in [3.63, 3.8) is 0 Å². The molecule has 0 spiro atoms. The van der Waals surface area contributed by atoms with E-state index in [1.54, 1.807) is 13.8 Å². The number of hydrogen-bond acceptors (Lipinski definition) is 5. The summed E-state index contributed by atoms with van der Waals surface area (Å²) in [5.74, 6) is 0.0609. The van der Waals surface area contributed by atoms with Crippen LogP contribution >= 0.6 is 11.8 Å². The molecule has 0 aliphatic rings. The molecule has 0 fully saturated rings. The van der Waals surface area contributed by atoms with E-state index in [9.17, 15) is 9.59 Å². The van der Waals surface area contributed by atoms with Gasteiger partial charge in [-0.25, -0.2) is 4.79 Å². The Morgan fingerprint density at radius 2 is 1.79 bits per heavy atom. The standard InChI is InChI=1S/C9H16O4S/c1-5-14-9(11)13-7(4)12-8(10)6(2)3/h6-7H,5H2,1-4H3. The Hall–Kier alpha value is -0.710. The third-order valence-corrected chi connectivity index (χ3v) is 1.90. The van der Waals surface area contributed by atoms with Gasteiger partial charge in [0.2, 0.25) is 6.29 Å². The van der Waals surface area contributed by atoms with Crippen molar-refractivity contribution in [2.45, 2.75) is 34.0 Å². The van der Waals surface area contributed by atoms with E-state index < -0.39 is 11.6 Å². The first-order chi connectivity index (χ1) is 6.47. The molecule has 0 amide bonds. The average molecular weight is 220 g/mol. The van der Waals surface area contributed by atoms with Gasteiger partial charge in [-0.3, -0.25) is 4.79 Å². The van der Waals surface area contributed by atoms with Crippen LogP contribution in [0.3, 0.4) is 0 Å². The van der Waals surface area contributed by atoms with Crippen LogP contribution in [0.4, 0.5) is 4.79 Å². The maximum atomic E-state index is 11.1. The molecule has 0 aromatic heterocycles. The van der Waals surface area contributed by atoms with Crippen molar-refractivity contribution in [1.82, 2.24) is 0 Å². The Balaban J connectivity index is 3.80. The second-order valence-electron chi connectivity index (χ2n) is 2.96.